The van der Waals surface area contributed by atoms with E-state index in [9.17, 15) is 5.11 Å². The van der Waals surface area contributed by atoms with Crippen LogP contribution < -0.4 is 5.32 Å². The van der Waals surface area contributed by atoms with Gasteiger partial charge in [0.2, 0.25) is 0 Å². The Morgan fingerprint density at radius 2 is 2.00 bits per heavy atom. The molecular formula is C15H23NO. The van der Waals surface area contributed by atoms with Gasteiger partial charge in [-0.2, -0.15) is 0 Å². The molecule has 0 bridgehead atoms. The van der Waals surface area contributed by atoms with Crippen molar-refractivity contribution in [2.75, 3.05) is 11.9 Å². The monoisotopic (exact) mass is 233 g/mol. The molecule has 1 aliphatic carbocycles. The van der Waals surface area contributed by atoms with Gasteiger partial charge in [-0.05, 0) is 43.0 Å². The van der Waals surface area contributed by atoms with E-state index >= 15 is 0 Å². The van der Waals surface area contributed by atoms with E-state index in [1.807, 2.05) is 19.1 Å². The van der Waals surface area contributed by atoms with Gasteiger partial charge in [0, 0.05) is 12.2 Å². The van der Waals surface area contributed by atoms with Crippen LogP contribution >= 0.6 is 0 Å². The van der Waals surface area contributed by atoms with Crippen molar-refractivity contribution < 1.29 is 5.11 Å². The SMILES string of the molecule is Cc1cc(O)ccc1NCCC1CCCCC1. The molecule has 1 aromatic carbocycles. The highest BCUT2D eigenvalue weighted by atomic mass is 16.3. The Morgan fingerprint density at radius 1 is 1.24 bits per heavy atom. The van der Waals surface area contributed by atoms with Gasteiger partial charge in [0.1, 0.15) is 5.75 Å². The summed E-state index contributed by atoms with van der Waals surface area (Å²) >= 11 is 0. The van der Waals surface area contributed by atoms with Gasteiger partial charge in [-0.15, -0.1) is 0 Å². The highest BCUT2D eigenvalue weighted by Gasteiger charge is 2.12. The maximum Gasteiger partial charge on any atom is 0.115 e. The number of anilines is 1. The fourth-order valence-electron chi connectivity index (χ4n) is 2.73. The summed E-state index contributed by atoms with van der Waals surface area (Å²) in [4.78, 5) is 0. The number of phenols is 1. The van der Waals surface area contributed by atoms with E-state index in [4.69, 9.17) is 0 Å². The zero-order chi connectivity index (χ0) is 12.1. The van der Waals surface area contributed by atoms with Crippen LogP contribution in [0.15, 0.2) is 18.2 Å². The molecule has 2 rings (SSSR count). The average Bonchev–Trinajstić information content (AvgIpc) is 2.33. The van der Waals surface area contributed by atoms with E-state index in [-0.39, 0.29) is 0 Å². The Bertz CT molecular complexity index is 356. The number of benzene rings is 1. The van der Waals surface area contributed by atoms with Crippen LogP contribution in [0, 0.1) is 12.8 Å². The second kappa shape index (κ2) is 5.95. The Hall–Kier alpha value is -1.18. The van der Waals surface area contributed by atoms with Crippen LogP contribution in [0.2, 0.25) is 0 Å². The normalized spacial score (nSPS) is 17.0. The van der Waals surface area contributed by atoms with Gasteiger partial charge >= 0.3 is 0 Å². The lowest BCUT2D eigenvalue weighted by molar-refractivity contribution is 0.345. The summed E-state index contributed by atoms with van der Waals surface area (Å²) in [6.07, 6.45) is 8.37. The second-order valence-corrected chi connectivity index (χ2v) is 5.22. The minimum Gasteiger partial charge on any atom is -0.508 e. The molecule has 2 heteroatoms. The van der Waals surface area contributed by atoms with Gasteiger partial charge in [-0.1, -0.05) is 32.1 Å². The Labute approximate surface area is 104 Å². The van der Waals surface area contributed by atoms with E-state index in [1.165, 1.54) is 38.5 Å². The van der Waals surface area contributed by atoms with Crippen LogP contribution in [0.4, 0.5) is 5.69 Å². The lowest BCUT2D eigenvalue weighted by Gasteiger charge is -2.22. The Kier molecular flexibility index (Phi) is 4.29. The van der Waals surface area contributed by atoms with Crippen LogP contribution in [0.25, 0.3) is 0 Å². The number of rotatable bonds is 4. The molecule has 1 aromatic rings. The van der Waals surface area contributed by atoms with Crippen molar-refractivity contribution in [3.63, 3.8) is 0 Å². The van der Waals surface area contributed by atoms with Crippen molar-refractivity contribution in [2.24, 2.45) is 5.92 Å². The summed E-state index contributed by atoms with van der Waals surface area (Å²) in [6, 6.07) is 5.52. The Morgan fingerprint density at radius 3 is 2.71 bits per heavy atom. The highest BCUT2D eigenvalue weighted by Crippen LogP contribution is 2.26. The average molecular weight is 233 g/mol. The van der Waals surface area contributed by atoms with Gasteiger partial charge in [-0.3, -0.25) is 0 Å². The van der Waals surface area contributed by atoms with Crippen molar-refractivity contribution in [3.8, 4) is 5.75 Å². The molecule has 17 heavy (non-hydrogen) atoms. The van der Waals surface area contributed by atoms with E-state index in [2.05, 4.69) is 5.32 Å². The van der Waals surface area contributed by atoms with Crippen molar-refractivity contribution in [2.45, 2.75) is 45.4 Å². The molecule has 1 saturated carbocycles. The molecule has 0 unspecified atom stereocenters. The maximum absolute atomic E-state index is 9.34. The van der Waals surface area contributed by atoms with Gasteiger partial charge in [0.25, 0.3) is 0 Å². The van der Waals surface area contributed by atoms with Crippen LogP contribution in [-0.2, 0) is 0 Å². The maximum atomic E-state index is 9.34. The summed E-state index contributed by atoms with van der Waals surface area (Å²) in [5.41, 5.74) is 2.27. The molecule has 0 radical (unpaired) electrons. The van der Waals surface area contributed by atoms with Crippen LogP contribution in [-0.4, -0.2) is 11.7 Å². The van der Waals surface area contributed by atoms with E-state index in [0.29, 0.717) is 5.75 Å². The summed E-state index contributed by atoms with van der Waals surface area (Å²) in [7, 11) is 0. The third-order valence-electron chi connectivity index (χ3n) is 3.80. The number of aryl methyl sites for hydroxylation is 1. The topological polar surface area (TPSA) is 32.3 Å². The number of aromatic hydroxyl groups is 1. The van der Waals surface area contributed by atoms with Crippen LogP contribution in [0.1, 0.15) is 44.1 Å². The van der Waals surface area contributed by atoms with Crippen LogP contribution in [0.5, 0.6) is 5.75 Å². The van der Waals surface area contributed by atoms with Gasteiger partial charge < -0.3 is 10.4 Å². The first-order chi connectivity index (χ1) is 8.25. The zero-order valence-electron chi connectivity index (χ0n) is 10.7. The number of hydrogen-bond donors (Lipinski definition) is 2. The molecule has 0 aliphatic heterocycles. The number of hydrogen-bond acceptors (Lipinski definition) is 2. The van der Waals surface area contributed by atoms with Crippen LogP contribution in [0.3, 0.4) is 0 Å². The predicted molar refractivity (Wildman–Crippen MR) is 72.5 cm³/mol. The lowest BCUT2D eigenvalue weighted by atomic mass is 9.87. The van der Waals surface area contributed by atoms with Gasteiger partial charge in [0.05, 0.1) is 0 Å². The molecule has 2 N–H and O–H groups in total. The molecule has 0 atom stereocenters. The summed E-state index contributed by atoms with van der Waals surface area (Å²) < 4.78 is 0. The standard InChI is InChI=1S/C15H23NO/c1-12-11-14(17)7-8-15(12)16-10-9-13-5-3-2-4-6-13/h7-8,11,13,16-17H,2-6,9-10H2,1H3. The smallest absolute Gasteiger partial charge is 0.115 e. The molecular weight excluding hydrogens is 210 g/mol. The largest absolute Gasteiger partial charge is 0.508 e. The first-order valence-electron chi connectivity index (χ1n) is 6.79. The highest BCUT2D eigenvalue weighted by molar-refractivity contribution is 5.53. The molecule has 94 valence electrons. The fraction of sp³-hybridized carbons (Fsp3) is 0.600. The van der Waals surface area contributed by atoms with Crippen molar-refractivity contribution >= 4 is 5.69 Å². The lowest BCUT2D eigenvalue weighted by Crippen LogP contribution is -2.12. The van der Waals surface area contributed by atoms with Crippen molar-refractivity contribution in [3.05, 3.63) is 23.8 Å². The molecule has 2 nitrogen and oxygen atoms in total. The second-order valence-electron chi connectivity index (χ2n) is 5.22. The van der Waals surface area contributed by atoms with Crippen molar-refractivity contribution in [1.29, 1.82) is 0 Å². The third kappa shape index (κ3) is 3.65. The van der Waals surface area contributed by atoms with Crippen molar-refractivity contribution in [1.82, 2.24) is 0 Å². The first-order valence-corrected chi connectivity index (χ1v) is 6.79. The van der Waals surface area contributed by atoms with E-state index in [0.717, 1.165) is 23.7 Å². The molecule has 0 amide bonds. The zero-order valence-corrected chi connectivity index (χ0v) is 10.7. The molecule has 0 heterocycles. The van der Waals surface area contributed by atoms with Gasteiger partial charge in [-0.25, -0.2) is 0 Å². The molecule has 0 spiro atoms. The molecule has 0 aromatic heterocycles. The van der Waals surface area contributed by atoms with E-state index < -0.39 is 0 Å². The summed E-state index contributed by atoms with van der Waals surface area (Å²) in [6.45, 7) is 3.08. The molecule has 1 aliphatic rings. The Balaban J connectivity index is 1.77. The summed E-state index contributed by atoms with van der Waals surface area (Å²) in [5, 5.41) is 12.8. The quantitative estimate of drug-likeness (QED) is 0.768. The number of phenolic OH excluding ortho intramolecular Hbond substituents is 1. The molecule has 1 fully saturated rings. The van der Waals surface area contributed by atoms with Gasteiger partial charge in [0.15, 0.2) is 0 Å². The van der Waals surface area contributed by atoms with E-state index in [1.54, 1.807) is 6.07 Å². The third-order valence-corrected chi connectivity index (χ3v) is 3.80. The first kappa shape index (κ1) is 12.3. The number of nitrogens with one attached hydrogen (secondary N) is 1. The molecule has 0 saturated heterocycles. The summed E-state index contributed by atoms with van der Waals surface area (Å²) in [5.74, 6) is 1.27. The fourth-order valence-corrected chi connectivity index (χ4v) is 2.73. The minimum absolute atomic E-state index is 0.348. The predicted octanol–water partition coefficient (Wildman–Crippen LogP) is 4.08. The minimum atomic E-state index is 0.348.